The summed E-state index contributed by atoms with van der Waals surface area (Å²) in [6, 6.07) is 18.5. The average molecular weight is 271 g/mol. The van der Waals surface area contributed by atoms with E-state index in [0.717, 1.165) is 0 Å². The first-order chi connectivity index (χ1) is 9.18. The van der Waals surface area contributed by atoms with Gasteiger partial charge in [-0.2, -0.15) is 0 Å². The Kier molecular flexibility index (Phi) is 4.63. The van der Waals surface area contributed by atoms with E-state index in [4.69, 9.17) is 5.73 Å². The van der Waals surface area contributed by atoms with E-state index in [1.54, 1.807) is 11.8 Å². The smallest absolute Gasteiger partial charge is 0.227 e. The van der Waals surface area contributed by atoms with Gasteiger partial charge in [0.15, 0.2) is 0 Å². The van der Waals surface area contributed by atoms with Crippen molar-refractivity contribution in [1.82, 2.24) is 0 Å². The lowest BCUT2D eigenvalue weighted by Crippen LogP contribution is -2.14. The molecule has 19 heavy (non-hydrogen) atoms. The molecule has 0 aromatic heterocycles. The topological polar surface area (TPSA) is 43.1 Å². The number of nitrogens with two attached hydrogens (primary N) is 1. The molecule has 3 heteroatoms. The molecule has 0 fully saturated rings. The SMILES string of the molecule is Cc1ccccc1[C@@H](SCC(N)=O)c1ccccc1. The zero-order chi connectivity index (χ0) is 13.7. The molecule has 2 N–H and O–H groups in total. The highest BCUT2D eigenvalue weighted by Crippen LogP contribution is 2.36. The molecule has 0 heterocycles. The van der Waals surface area contributed by atoms with Gasteiger partial charge in [-0.25, -0.2) is 0 Å². The Morgan fingerprint density at radius 1 is 1.11 bits per heavy atom. The summed E-state index contributed by atoms with van der Waals surface area (Å²) in [5.41, 5.74) is 8.94. The van der Waals surface area contributed by atoms with Gasteiger partial charge in [0.1, 0.15) is 0 Å². The van der Waals surface area contributed by atoms with Crippen molar-refractivity contribution in [3.05, 3.63) is 71.3 Å². The second-order valence-corrected chi connectivity index (χ2v) is 5.52. The number of thioether (sulfide) groups is 1. The molecule has 2 aromatic rings. The van der Waals surface area contributed by atoms with E-state index >= 15 is 0 Å². The molecular formula is C16H17NOS. The highest BCUT2D eigenvalue weighted by atomic mass is 32.2. The standard InChI is InChI=1S/C16H17NOS/c1-12-7-5-6-10-14(12)16(19-11-15(17)18)13-8-3-2-4-9-13/h2-10,16H,11H2,1H3,(H2,17,18)/t16-/m0/s1. The maximum absolute atomic E-state index is 11.1. The van der Waals surface area contributed by atoms with Crippen molar-refractivity contribution in [1.29, 1.82) is 0 Å². The summed E-state index contributed by atoms with van der Waals surface area (Å²) in [6.07, 6.45) is 0. The van der Waals surface area contributed by atoms with E-state index in [9.17, 15) is 4.79 Å². The summed E-state index contributed by atoms with van der Waals surface area (Å²) in [7, 11) is 0. The fourth-order valence-electron chi connectivity index (χ4n) is 2.04. The maximum Gasteiger partial charge on any atom is 0.227 e. The summed E-state index contributed by atoms with van der Waals surface area (Å²) in [4.78, 5) is 11.1. The summed E-state index contributed by atoms with van der Waals surface area (Å²) in [5, 5.41) is 0.148. The van der Waals surface area contributed by atoms with Crippen LogP contribution in [0.1, 0.15) is 21.9 Å². The Morgan fingerprint density at radius 3 is 2.37 bits per heavy atom. The summed E-state index contributed by atoms with van der Waals surface area (Å²) in [6.45, 7) is 2.09. The molecule has 0 radical (unpaired) electrons. The minimum Gasteiger partial charge on any atom is -0.369 e. The molecule has 1 amide bonds. The molecule has 2 aromatic carbocycles. The van der Waals surface area contributed by atoms with Gasteiger partial charge in [0.05, 0.1) is 11.0 Å². The van der Waals surface area contributed by atoms with Gasteiger partial charge < -0.3 is 5.73 Å². The van der Waals surface area contributed by atoms with E-state index in [1.807, 2.05) is 30.3 Å². The Labute approximate surface area is 118 Å². The number of carbonyl (C=O) groups excluding carboxylic acids is 1. The lowest BCUT2D eigenvalue weighted by molar-refractivity contribution is -0.115. The van der Waals surface area contributed by atoms with Gasteiger partial charge in [0.2, 0.25) is 5.91 Å². The van der Waals surface area contributed by atoms with Crippen molar-refractivity contribution >= 4 is 17.7 Å². The first-order valence-corrected chi connectivity index (χ1v) is 7.23. The molecule has 0 bridgehead atoms. The molecule has 0 spiro atoms. The van der Waals surface area contributed by atoms with Crippen molar-refractivity contribution in [3.63, 3.8) is 0 Å². The third kappa shape index (κ3) is 3.61. The number of benzene rings is 2. The van der Waals surface area contributed by atoms with Crippen LogP contribution in [-0.4, -0.2) is 11.7 Å². The molecule has 2 rings (SSSR count). The van der Waals surface area contributed by atoms with Gasteiger partial charge >= 0.3 is 0 Å². The lowest BCUT2D eigenvalue weighted by Gasteiger charge is -2.19. The third-order valence-electron chi connectivity index (χ3n) is 2.97. The van der Waals surface area contributed by atoms with Gasteiger partial charge in [0, 0.05) is 0 Å². The normalized spacial score (nSPS) is 12.1. The number of carbonyl (C=O) groups is 1. The van der Waals surface area contributed by atoms with Crippen LogP contribution in [0.15, 0.2) is 54.6 Å². The second kappa shape index (κ2) is 6.43. The lowest BCUT2D eigenvalue weighted by atomic mass is 10.0. The van der Waals surface area contributed by atoms with Gasteiger partial charge in [-0.1, -0.05) is 54.6 Å². The van der Waals surface area contributed by atoms with Crippen molar-refractivity contribution in [2.75, 3.05) is 5.75 Å². The van der Waals surface area contributed by atoms with Gasteiger partial charge in [-0.15, -0.1) is 11.8 Å². The van der Waals surface area contributed by atoms with Crippen LogP contribution < -0.4 is 5.73 Å². The number of amides is 1. The average Bonchev–Trinajstić information content (AvgIpc) is 2.42. The largest absolute Gasteiger partial charge is 0.369 e. The van der Waals surface area contributed by atoms with E-state index in [-0.39, 0.29) is 11.2 Å². The molecule has 0 aliphatic rings. The molecule has 98 valence electrons. The number of primary amides is 1. The van der Waals surface area contributed by atoms with Crippen molar-refractivity contribution in [3.8, 4) is 0 Å². The number of hydrogen-bond acceptors (Lipinski definition) is 2. The molecule has 1 atom stereocenters. The zero-order valence-electron chi connectivity index (χ0n) is 10.9. The predicted octanol–water partition coefficient (Wildman–Crippen LogP) is 3.30. The summed E-state index contributed by atoms with van der Waals surface area (Å²) >= 11 is 1.58. The number of aryl methyl sites for hydroxylation is 1. The van der Waals surface area contributed by atoms with Crippen LogP contribution in [0.25, 0.3) is 0 Å². The van der Waals surface area contributed by atoms with E-state index < -0.39 is 0 Å². The Balaban J connectivity index is 2.35. The fourth-order valence-corrected chi connectivity index (χ4v) is 3.16. The van der Waals surface area contributed by atoms with Gasteiger partial charge in [0.25, 0.3) is 0 Å². The molecule has 0 unspecified atom stereocenters. The molecule has 0 aliphatic carbocycles. The maximum atomic E-state index is 11.1. The molecular weight excluding hydrogens is 254 g/mol. The van der Waals surface area contributed by atoms with Crippen LogP contribution in [0, 0.1) is 6.92 Å². The minimum absolute atomic E-state index is 0.148. The summed E-state index contributed by atoms with van der Waals surface area (Å²) < 4.78 is 0. The first kappa shape index (κ1) is 13.7. The van der Waals surface area contributed by atoms with Crippen LogP contribution in [-0.2, 0) is 4.79 Å². The molecule has 0 saturated carbocycles. The Morgan fingerprint density at radius 2 is 1.74 bits per heavy atom. The first-order valence-electron chi connectivity index (χ1n) is 6.19. The number of rotatable bonds is 5. The monoisotopic (exact) mass is 271 g/mol. The van der Waals surface area contributed by atoms with Crippen molar-refractivity contribution < 1.29 is 4.79 Å². The van der Waals surface area contributed by atoms with Gasteiger partial charge in [-0.3, -0.25) is 4.79 Å². The molecule has 2 nitrogen and oxygen atoms in total. The third-order valence-corrected chi connectivity index (χ3v) is 4.28. The summed E-state index contributed by atoms with van der Waals surface area (Å²) in [5.74, 6) is 0.0491. The van der Waals surface area contributed by atoms with Crippen molar-refractivity contribution in [2.24, 2.45) is 5.73 Å². The van der Waals surface area contributed by atoms with Crippen LogP contribution in [0.4, 0.5) is 0 Å². The Bertz CT molecular complexity index is 554. The van der Waals surface area contributed by atoms with E-state index in [0.29, 0.717) is 5.75 Å². The van der Waals surface area contributed by atoms with Crippen molar-refractivity contribution in [2.45, 2.75) is 12.2 Å². The minimum atomic E-state index is -0.278. The molecule has 0 saturated heterocycles. The van der Waals surface area contributed by atoms with Gasteiger partial charge in [-0.05, 0) is 23.6 Å². The predicted molar refractivity (Wildman–Crippen MR) is 81.1 cm³/mol. The van der Waals surface area contributed by atoms with E-state index in [2.05, 4.69) is 31.2 Å². The molecule has 0 aliphatic heterocycles. The quantitative estimate of drug-likeness (QED) is 0.906. The highest BCUT2D eigenvalue weighted by Gasteiger charge is 2.17. The highest BCUT2D eigenvalue weighted by molar-refractivity contribution is 8.00. The van der Waals surface area contributed by atoms with Crippen LogP contribution >= 0.6 is 11.8 Å². The second-order valence-electron chi connectivity index (χ2n) is 4.42. The van der Waals surface area contributed by atoms with E-state index in [1.165, 1.54) is 16.7 Å². The number of hydrogen-bond donors (Lipinski definition) is 1. The fraction of sp³-hybridized carbons (Fsp3) is 0.188. The van der Waals surface area contributed by atoms with Crippen LogP contribution in [0.2, 0.25) is 0 Å². The zero-order valence-corrected chi connectivity index (χ0v) is 11.7. The Hall–Kier alpha value is -1.74. The van der Waals surface area contributed by atoms with Crippen LogP contribution in [0.5, 0.6) is 0 Å². The van der Waals surface area contributed by atoms with Crippen LogP contribution in [0.3, 0.4) is 0 Å².